The molecule has 13 heteroatoms. The Balaban J connectivity index is 0.000000176. The molecule has 1 fully saturated rings. The van der Waals surface area contributed by atoms with E-state index in [0.29, 0.717) is 42.8 Å². The molecule has 1 saturated heterocycles. The second-order valence-corrected chi connectivity index (χ2v) is 28.1. The van der Waals surface area contributed by atoms with Gasteiger partial charge in [-0.2, -0.15) is 0 Å². The molecule has 7 nitrogen and oxygen atoms in total. The van der Waals surface area contributed by atoms with E-state index in [1.165, 1.54) is 31.8 Å². The first-order valence-corrected chi connectivity index (χ1v) is 31.4. The van der Waals surface area contributed by atoms with E-state index in [1.54, 1.807) is 46.8 Å². The Bertz CT molecular complexity index is 2620. The molecule has 0 aliphatic carbocycles. The minimum atomic E-state index is -3.55. The van der Waals surface area contributed by atoms with Crippen LogP contribution < -0.4 is 42.5 Å². The number of nitrogen functional groups attached to an aromatic ring is 1. The molecule has 0 saturated carbocycles. The van der Waals surface area contributed by atoms with Gasteiger partial charge in [-0.1, -0.05) is 182 Å². The van der Waals surface area contributed by atoms with Crippen molar-refractivity contribution in [1.82, 2.24) is 9.97 Å². The number of anilines is 2. The molecular weight excluding hydrogens is 1070 g/mol. The van der Waals surface area contributed by atoms with Crippen molar-refractivity contribution in [2.24, 2.45) is 0 Å². The van der Waals surface area contributed by atoms with Crippen LogP contribution in [0.1, 0.15) is 47.2 Å². The Labute approximate surface area is 440 Å². The van der Waals surface area contributed by atoms with E-state index in [4.69, 9.17) is 39.5 Å². The summed E-state index contributed by atoms with van der Waals surface area (Å²) < 4.78 is 30.3. The maximum absolute atomic E-state index is 13.4. The molecule has 2 N–H and O–H groups in total. The van der Waals surface area contributed by atoms with E-state index in [2.05, 4.69) is 194 Å². The molecule has 9 rings (SSSR count). The summed E-state index contributed by atoms with van der Waals surface area (Å²) in [6.45, 7) is 12.5. The van der Waals surface area contributed by atoms with Crippen LogP contribution in [-0.2, 0) is 35.3 Å². The van der Waals surface area contributed by atoms with Gasteiger partial charge in [-0.15, -0.1) is 0 Å². The molecular formula is C58H62Cl2N4O3P2PdS. The molecule has 7 aromatic carbocycles. The van der Waals surface area contributed by atoms with E-state index in [0.717, 1.165) is 5.56 Å². The van der Waals surface area contributed by atoms with Crippen molar-refractivity contribution < 1.29 is 29.1 Å². The van der Waals surface area contributed by atoms with Gasteiger partial charge < -0.3 is 15.4 Å². The summed E-state index contributed by atoms with van der Waals surface area (Å²) in [7, 11) is 5.19. The summed E-state index contributed by atoms with van der Waals surface area (Å²) in [6, 6.07) is 73.9. The van der Waals surface area contributed by atoms with Gasteiger partial charge in [0, 0.05) is 23.9 Å². The van der Waals surface area contributed by atoms with E-state index in [-0.39, 0.29) is 22.0 Å². The van der Waals surface area contributed by atoms with Gasteiger partial charge in [0.15, 0.2) is 15.7 Å². The molecule has 0 bridgehead atoms. The van der Waals surface area contributed by atoms with Crippen LogP contribution in [0.5, 0.6) is 0 Å². The van der Waals surface area contributed by atoms with Gasteiger partial charge in [0.25, 0.3) is 0 Å². The number of sulfone groups is 1. The molecule has 1 atom stereocenters. The van der Waals surface area contributed by atoms with Crippen molar-refractivity contribution >= 4 is 88.1 Å². The van der Waals surface area contributed by atoms with Crippen LogP contribution in [0.15, 0.2) is 212 Å². The standard InChI is InChI=1S/C22H32N4O3S.2C18H15P.2ClH.Pd/c1-15-14-29-12-11-26(15)19-13-18(22(5,6)30(27,28)21(2,3)4)24-20(25-19)16-7-9-17(23)10-8-16;2*1-4-10-16(11-5-1)19(17-12-6-2-7-13-17)18-14-8-3-9-15-18;;;/h7-10,13,15H,11-12,14,23H2,1-6H3;2*1-15H;2*1H;/q;;;;;+2/p-2/t15-;;;;;/m0...../s1. The minimum Gasteiger partial charge on any atom is -0.0622 e. The van der Waals surface area contributed by atoms with E-state index in [9.17, 15) is 8.42 Å². The molecule has 0 amide bonds. The summed E-state index contributed by atoms with van der Waals surface area (Å²) in [5, 5.41) is 8.39. The predicted molar refractivity (Wildman–Crippen MR) is 303 cm³/mol. The third-order valence-electron chi connectivity index (χ3n) is 11.7. The normalized spacial score (nSPS) is 13.8. The molecule has 1 aliphatic heterocycles. The average Bonchev–Trinajstić information content (AvgIpc) is 3.39. The van der Waals surface area contributed by atoms with Crippen molar-refractivity contribution in [2.75, 3.05) is 30.4 Å². The number of hydrogen-bond acceptors (Lipinski definition) is 7. The Morgan fingerprint density at radius 2 is 0.915 bits per heavy atom. The van der Waals surface area contributed by atoms with Gasteiger partial charge in [-0.05, 0) is 113 Å². The number of ether oxygens (including phenoxy) is 1. The van der Waals surface area contributed by atoms with Crippen molar-refractivity contribution in [3.05, 3.63) is 218 Å². The Kier molecular flexibility index (Phi) is 21.0. The van der Waals surface area contributed by atoms with Crippen LogP contribution in [-0.4, -0.2) is 48.9 Å². The molecule has 0 unspecified atom stereocenters. The maximum atomic E-state index is 13.4. The monoisotopic (exact) mass is 1130 g/mol. The zero-order chi connectivity index (χ0) is 50.9. The fourth-order valence-corrected chi connectivity index (χ4v) is 14.5. The number of morpholine rings is 1. The summed E-state index contributed by atoms with van der Waals surface area (Å²) in [5.74, 6) is 1.19. The number of nitrogens with zero attached hydrogens (tertiary/aromatic N) is 3. The van der Waals surface area contributed by atoms with Gasteiger partial charge in [0.2, 0.25) is 0 Å². The summed E-state index contributed by atoms with van der Waals surface area (Å²) in [6.07, 6.45) is 0. The number of halogens is 2. The molecule has 372 valence electrons. The van der Waals surface area contributed by atoms with Gasteiger partial charge in [-0.25, -0.2) is 18.4 Å². The third-order valence-corrected chi connectivity index (χ3v) is 19.8. The number of aromatic nitrogens is 2. The van der Waals surface area contributed by atoms with Crippen LogP contribution in [0.3, 0.4) is 0 Å². The number of benzene rings is 7. The average molecular weight is 1130 g/mol. The van der Waals surface area contributed by atoms with Crippen LogP contribution >= 0.6 is 34.9 Å². The SMILES string of the molecule is C[C@H]1COCCN1c1cc(C(C)(C)S(=O)(=O)C(C)(C)C)nc(-c2ccc(N)cc2)n1.[Cl][Pd][Cl].c1ccc(P(c2ccccc2)c2ccccc2)cc1.c1ccc(P(c2ccccc2)c2ccccc2)cc1. The molecule has 8 aromatic rings. The van der Waals surface area contributed by atoms with Crippen LogP contribution in [0, 0.1) is 0 Å². The fraction of sp³-hybridized carbons (Fsp3) is 0.207. The zero-order valence-corrected chi connectivity index (χ0v) is 46.6. The van der Waals surface area contributed by atoms with Crippen molar-refractivity contribution in [3.63, 3.8) is 0 Å². The molecule has 0 spiro atoms. The van der Waals surface area contributed by atoms with Crippen molar-refractivity contribution in [2.45, 2.75) is 57.1 Å². The first-order valence-electron chi connectivity index (χ1n) is 23.2. The number of hydrogen-bond donors (Lipinski definition) is 1. The van der Waals surface area contributed by atoms with Crippen molar-refractivity contribution in [3.8, 4) is 11.4 Å². The summed E-state index contributed by atoms with van der Waals surface area (Å²) in [5.41, 5.74) is 7.75. The Morgan fingerprint density at radius 1 is 0.577 bits per heavy atom. The van der Waals surface area contributed by atoms with E-state index >= 15 is 0 Å². The fourth-order valence-electron chi connectivity index (χ4n) is 7.98. The Hall–Kier alpha value is -4.77. The molecule has 71 heavy (non-hydrogen) atoms. The second kappa shape index (κ2) is 26.8. The van der Waals surface area contributed by atoms with Crippen LogP contribution in [0.4, 0.5) is 11.5 Å². The van der Waals surface area contributed by atoms with E-state index < -0.39 is 35.2 Å². The minimum absolute atomic E-state index is 0.106. The maximum Gasteiger partial charge on any atom is -0.0134 e. The number of nitrogens with two attached hydrogens (primary N) is 1. The van der Waals surface area contributed by atoms with E-state index in [1.807, 2.05) is 18.2 Å². The largest absolute Gasteiger partial charge is 0.0622 e. The summed E-state index contributed by atoms with van der Waals surface area (Å²) >= 11 is -0.106. The molecule has 1 aliphatic rings. The molecule has 2 heterocycles. The van der Waals surface area contributed by atoms with Crippen LogP contribution in [0.25, 0.3) is 11.4 Å². The Morgan fingerprint density at radius 3 is 1.23 bits per heavy atom. The second-order valence-electron chi connectivity index (χ2n) is 18.0. The van der Waals surface area contributed by atoms with Gasteiger partial charge >= 0.3 is 35.0 Å². The van der Waals surface area contributed by atoms with Crippen molar-refractivity contribution in [1.29, 1.82) is 0 Å². The molecule has 1 aromatic heterocycles. The number of rotatable bonds is 10. The topological polar surface area (TPSA) is 98.4 Å². The van der Waals surface area contributed by atoms with Gasteiger partial charge in [0.1, 0.15) is 10.6 Å². The van der Waals surface area contributed by atoms with Gasteiger partial charge in [-0.3, -0.25) is 0 Å². The zero-order valence-electron chi connectivity index (χ0n) is 40.9. The quantitative estimate of drug-likeness (QED) is 0.0827. The third kappa shape index (κ3) is 14.9. The smallest absolute Gasteiger partial charge is 0.0134 e. The first kappa shape index (κ1) is 55.5. The molecule has 0 radical (unpaired) electrons. The summed E-state index contributed by atoms with van der Waals surface area (Å²) in [4.78, 5) is 11.7. The van der Waals surface area contributed by atoms with Crippen LogP contribution in [0.2, 0.25) is 0 Å². The predicted octanol–water partition coefficient (Wildman–Crippen LogP) is 11.7. The van der Waals surface area contributed by atoms with Gasteiger partial charge in [0.05, 0.1) is 29.7 Å². The first-order chi connectivity index (χ1) is 34.2.